The quantitative estimate of drug-likeness (QED) is 0.541. The molecule has 0 saturated heterocycles. The summed E-state index contributed by atoms with van der Waals surface area (Å²) in [4.78, 5) is 12.8. The van der Waals surface area contributed by atoms with E-state index in [1.54, 1.807) is 7.05 Å². The van der Waals surface area contributed by atoms with Crippen molar-refractivity contribution in [3.8, 4) is 0 Å². The van der Waals surface area contributed by atoms with E-state index in [2.05, 4.69) is 0 Å². The smallest absolute Gasteiger partial charge is 0.227 e. The van der Waals surface area contributed by atoms with Gasteiger partial charge in [-0.2, -0.15) is 0 Å². The lowest BCUT2D eigenvalue weighted by atomic mass is 10.3. The van der Waals surface area contributed by atoms with E-state index in [1.807, 2.05) is 0 Å². The Hall–Kier alpha value is -0.610. The molecule has 0 aromatic heterocycles. The number of hydrogen-bond donors (Lipinski definition) is 2. The predicted octanol–water partition coefficient (Wildman–Crippen LogP) is -1.22. The summed E-state index contributed by atoms with van der Waals surface area (Å²) in [6.07, 6.45) is 0.800. The predicted molar refractivity (Wildman–Crippen MR) is 40.8 cm³/mol. The van der Waals surface area contributed by atoms with Crippen LogP contribution < -0.4 is 5.73 Å². The molecule has 11 heavy (non-hydrogen) atoms. The van der Waals surface area contributed by atoms with Gasteiger partial charge in [-0.1, -0.05) is 0 Å². The van der Waals surface area contributed by atoms with Crippen LogP contribution in [0, 0.1) is 5.92 Å². The molecule has 0 bridgehead atoms. The maximum Gasteiger partial charge on any atom is 0.227 e. The first-order chi connectivity index (χ1) is 5.16. The van der Waals surface area contributed by atoms with E-state index in [4.69, 9.17) is 10.8 Å². The average Bonchev–Trinajstić information content (AvgIpc) is 2.66. The molecular weight excluding hydrogens is 144 g/mol. The van der Waals surface area contributed by atoms with Crippen molar-refractivity contribution in [2.45, 2.75) is 12.5 Å². The van der Waals surface area contributed by atoms with Gasteiger partial charge in [0.05, 0.1) is 12.5 Å². The van der Waals surface area contributed by atoms with Gasteiger partial charge >= 0.3 is 0 Å². The molecule has 4 heteroatoms. The molecule has 1 amide bonds. The Morgan fingerprint density at radius 3 is 2.73 bits per heavy atom. The fourth-order valence-electron chi connectivity index (χ4n) is 1.04. The molecule has 1 saturated carbocycles. The number of likely N-dealkylation sites (N-methyl/N-ethyl adjacent to an activating group) is 1. The first-order valence-electron chi connectivity index (χ1n) is 3.78. The van der Waals surface area contributed by atoms with Crippen LogP contribution in [0.25, 0.3) is 0 Å². The minimum absolute atomic E-state index is 0.0181. The number of hydrogen-bond acceptors (Lipinski definition) is 3. The Morgan fingerprint density at radius 2 is 2.36 bits per heavy atom. The molecule has 2 atom stereocenters. The van der Waals surface area contributed by atoms with Crippen LogP contribution >= 0.6 is 0 Å². The number of nitrogens with zero attached hydrogens (tertiary/aromatic N) is 1. The van der Waals surface area contributed by atoms with Gasteiger partial charge in [0.15, 0.2) is 0 Å². The minimum Gasteiger partial charge on any atom is -0.395 e. The molecule has 64 valence electrons. The normalized spacial score (nSPS) is 28.3. The highest BCUT2D eigenvalue weighted by molar-refractivity contribution is 5.82. The molecule has 0 aromatic carbocycles. The van der Waals surface area contributed by atoms with Gasteiger partial charge in [0.1, 0.15) is 0 Å². The zero-order valence-electron chi connectivity index (χ0n) is 6.66. The molecule has 0 aromatic rings. The Balaban J connectivity index is 2.29. The molecule has 0 heterocycles. The standard InChI is InChI=1S/C7H14N2O2/c1-9(2-3-10)7(11)5-4-6(5)8/h5-6,10H,2-4,8H2,1H3. The van der Waals surface area contributed by atoms with Crippen LogP contribution in [0.15, 0.2) is 0 Å². The fraction of sp³-hybridized carbons (Fsp3) is 0.857. The zero-order chi connectivity index (χ0) is 8.43. The van der Waals surface area contributed by atoms with Crippen LogP contribution in [0.1, 0.15) is 6.42 Å². The molecule has 3 N–H and O–H groups in total. The topological polar surface area (TPSA) is 66.6 Å². The van der Waals surface area contributed by atoms with Crippen LogP contribution in [-0.4, -0.2) is 42.2 Å². The Bertz CT molecular complexity index is 161. The lowest BCUT2D eigenvalue weighted by molar-refractivity contribution is -0.131. The summed E-state index contributed by atoms with van der Waals surface area (Å²) in [5.74, 6) is 0.0816. The zero-order valence-corrected chi connectivity index (χ0v) is 6.66. The minimum atomic E-state index is 0.0181. The van der Waals surface area contributed by atoms with E-state index in [-0.39, 0.29) is 24.5 Å². The van der Waals surface area contributed by atoms with Crippen molar-refractivity contribution in [2.24, 2.45) is 11.7 Å². The maximum absolute atomic E-state index is 11.2. The van der Waals surface area contributed by atoms with Crippen LogP contribution in [-0.2, 0) is 4.79 Å². The third-order valence-electron chi connectivity index (χ3n) is 1.97. The summed E-state index contributed by atoms with van der Waals surface area (Å²) in [5.41, 5.74) is 5.49. The van der Waals surface area contributed by atoms with Crippen LogP contribution in [0.5, 0.6) is 0 Å². The highest BCUT2D eigenvalue weighted by Crippen LogP contribution is 2.29. The van der Waals surface area contributed by atoms with Gasteiger partial charge in [-0.3, -0.25) is 4.79 Å². The molecule has 1 fully saturated rings. The monoisotopic (exact) mass is 158 g/mol. The Labute approximate surface area is 66.0 Å². The van der Waals surface area contributed by atoms with E-state index < -0.39 is 0 Å². The molecule has 0 radical (unpaired) electrons. The van der Waals surface area contributed by atoms with E-state index in [1.165, 1.54) is 4.90 Å². The number of aliphatic hydroxyl groups excluding tert-OH is 1. The van der Waals surface area contributed by atoms with Gasteiger partial charge in [0, 0.05) is 19.6 Å². The molecule has 1 rings (SSSR count). The highest BCUT2D eigenvalue weighted by Gasteiger charge is 2.41. The lowest BCUT2D eigenvalue weighted by Gasteiger charge is -2.14. The van der Waals surface area contributed by atoms with Crippen molar-refractivity contribution in [2.75, 3.05) is 20.2 Å². The highest BCUT2D eigenvalue weighted by atomic mass is 16.3. The van der Waals surface area contributed by atoms with Crippen LogP contribution in [0.4, 0.5) is 0 Å². The van der Waals surface area contributed by atoms with Crippen LogP contribution in [0.2, 0.25) is 0 Å². The second-order valence-corrected chi connectivity index (χ2v) is 2.99. The first-order valence-corrected chi connectivity index (χ1v) is 3.78. The largest absolute Gasteiger partial charge is 0.395 e. The van der Waals surface area contributed by atoms with Crippen molar-refractivity contribution < 1.29 is 9.90 Å². The summed E-state index contributed by atoms with van der Waals surface area (Å²) in [6.45, 7) is 0.423. The number of carbonyl (C=O) groups is 1. The van der Waals surface area contributed by atoms with E-state index >= 15 is 0 Å². The molecule has 0 aliphatic heterocycles. The molecule has 0 spiro atoms. The Morgan fingerprint density at radius 1 is 1.82 bits per heavy atom. The van der Waals surface area contributed by atoms with Gasteiger partial charge in [-0.25, -0.2) is 0 Å². The van der Waals surface area contributed by atoms with Crippen molar-refractivity contribution in [1.82, 2.24) is 4.90 Å². The number of carbonyl (C=O) groups excluding carboxylic acids is 1. The van der Waals surface area contributed by atoms with Crippen molar-refractivity contribution in [3.63, 3.8) is 0 Å². The summed E-state index contributed by atoms with van der Waals surface area (Å²) < 4.78 is 0. The number of aliphatic hydroxyl groups is 1. The van der Waals surface area contributed by atoms with E-state index in [0.717, 1.165) is 6.42 Å². The Kier molecular flexibility index (Phi) is 2.46. The third kappa shape index (κ3) is 1.91. The summed E-state index contributed by atoms with van der Waals surface area (Å²) in [6, 6.07) is 0.0589. The fourth-order valence-corrected chi connectivity index (χ4v) is 1.04. The van der Waals surface area contributed by atoms with Crippen molar-refractivity contribution in [1.29, 1.82) is 0 Å². The van der Waals surface area contributed by atoms with Crippen LogP contribution in [0.3, 0.4) is 0 Å². The van der Waals surface area contributed by atoms with Gasteiger partial charge in [0.2, 0.25) is 5.91 Å². The summed E-state index contributed by atoms with van der Waals surface area (Å²) in [5, 5.41) is 8.53. The second kappa shape index (κ2) is 3.19. The SMILES string of the molecule is CN(CCO)C(=O)C1CC1N. The third-order valence-corrected chi connectivity index (χ3v) is 1.97. The van der Waals surface area contributed by atoms with E-state index in [0.29, 0.717) is 6.54 Å². The number of nitrogens with two attached hydrogens (primary N) is 1. The van der Waals surface area contributed by atoms with E-state index in [9.17, 15) is 4.79 Å². The van der Waals surface area contributed by atoms with Crippen molar-refractivity contribution >= 4 is 5.91 Å². The molecular formula is C7H14N2O2. The summed E-state index contributed by atoms with van der Waals surface area (Å²) in [7, 11) is 1.68. The first kappa shape index (κ1) is 8.49. The van der Waals surface area contributed by atoms with Gasteiger partial charge in [-0.05, 0) is 6.42 Å². The number of amides is 1. The second-order valence-electron chi connectivity index (χ2n) is 2.99. The molecule has 4 nitrogen and oxygen atoms in total. The lowest BCUT2D eigenvalue weighted by Crippen LogP contribution is -2.32. The molecule has 2 unspecified atom stereocenters. The molecule has 1 aliphatic carbocycles. The number of rotatable bonds is 3. The average molecular weight is 158 g/mol. The van der Waals surface area contributed by atoms with Gasteiger partial charge in [0.25, 0.3) is 0 Å². The maximum atomic E-state index is 11.2. The van der Waals surface area contributed by atoms with Gasteiger partial charge < -0.3 is 15.7 Å². The summed E-state index contributed by atoms with van der Waals surface area (Å²) >= 11 is 0. The van der Waals surface area contributed by atoms with Gasteiger partial charge in [-0.15, -0.1) is 0 Å². The molecule has 1 aliphatic rings. The van der Waals surface area contributed by atoms with Crippen molar-refractivity contribution in [3.05, 3.63) is 0 Å².